The fourth-order valence-electron chi connectivity index (χ4n) is 2.45. The van der Waals surface area contributed by atoms with Crippen molar-refractivity contribution in [3.05, 3.63) is 57.7 Å². The number of amides is 1. The molecule has 136 valence electrons. The number of nitrogens with one attached hydrogen (secondary N) is 1. The van der Waals surface area contributed by atoms with E-state index in [1.165, 1.54) is 12.3 Å². The summed E-state index contributed by atoms with van der Waals surface area (Å²) in [5.74, 6) is -0.667. The summed E-state index contributed by atoms with van der Waals surface area (Å²) in [6.45, 7) is 1.73. The molecule has 0 atom stereocenters. The quantitative estimate of drug-likeness (QED) is 0.635. The number of anilines is 1. The van der Waals surface area contributed by atoms with Crippen LogP contribution in [0.25, 0.3) is 5.65 Å². The molecule has 0 saturated carbocycles. The van der Waals surface area contributed by atoms with Crippen molar-refractivity contribution in [2.45, 2.75) is 19.5 Å². The van der Waals surface area contributed by atoms with Crippen LogP contribution >= 0.6 is 23.2 Å². The number of rotatable bonds is 3. The van der Waals surface area contributed by atoms with Gasteiger partial charge in [-0.3, -0.25) is 9.20 Å². The Bertz CT molecular complexity index is 1000. The lowest BCUT2D eigenvalue weighted by atomic mass is 10.2. The molecule has 3 rings (SSSR count). The summed E-state index contributed by atoms with van der Waals surface area (Å²) in [6.07, 6.45) is -2.05. The third kappa shape index (κ3) is 3.34. The largest absolute Gasteiger partial charge is 0.417 e. The second-order valence-electron chi connectivity index (χ2n) is 5.32. The Morgan fingerprint density at radius 3 is 2.69 bits per heavy atom. The molecule has 0 aliphatic heterocycles. The minimum absolute atomic E-state index is 0.0459. The van der Waals surface area contributed by atoms with Crippen LogP contribution in [0, 0.1) is 0 Å². The molecule has 5 nitrogen and oxygen atoms in total. The molecular weight excluding hydrogens is 392 g/mol. The third-order valence-corrected chi connectivity index (χ3v) is 4.21. The number of hydrogen-bond acceptors (Lipinski definition) is 3. The van der Waals surface area contributed by atoms with Gasteiger partial charge in [-0.25, -0.2) is 9.97 Å². The first-order valence-corrected chi connectivity index (χ1v) is 8.17. The lowest BCUT2D eigenvalue weighted by Crippen LogP contribution is -2.17. The summed E-state index contributed by atoms with van der Waals surface area (Å²) in [5.41, 5.74) is -0.420. The average Bonchev–Trinajstić information content (AvgIpc) is 2.95. The van der Waals surface area contributed by atoms with Gasteiger partial charge in [-0.2, -0.15) is 13.2 Å². The fourth-order valence-corrected chi connectivity index (χ4v) is 2.87. The molecule has 0 radical (unpaired) electrons. The molecule has 0 fully saturated rings. The standard InChI is InChI=1S/C16H11Cl2F3N4O/c1-2-10-12(15(26)24-11-4-3-5-22-13(11)18)25-7-8(16(19,20)21)6-9(17)14(25)23-10/h3-7H,2H2,1H3,(H,24,26). The Morgan fingerprint density at radius 1 is 1.35 bits per heavy atom. The maximum absolute atomic E-state index is 13.1. The summed E-state index contributed by atoms with van der Waals surface area (Å²) < 4.78 is 40.3. The van der Waals surface area contributed by atoms with Crippen LogP contribution < -0.4 is 5.32 Å². The zero-order valence-corrected chi connectivity index (χ0v) is 14.7. The van der Waals surface area contributed by atoms with Crippen molar-refractivity contribution in [2.75, 3.05) is 5.32 Å². The van der Waals surface area contributed by atoms with E-state index in [-0.39, 0.29) is 27.2 Å². The first kappa shape index (κ1) is 18.5. The van der Waals surface area contributed by atoms with Gasteiger partial charge in [0.05, 0.1) is 22.0 Å². The summed E-state index contributed by atoms with van der Waals surface area (Å²) in [7, 11) is 0. The number of aromatic nitrogens is 3. The molecular formula is C16H11Cl2F3N4O. The highest BCUT2D eigenvalue weighted by atomic mass is 35.5. The normalized spacial score (nSPS) is 11.8. The van der Waals surface area contributed by atoms with Crippen LogP contribution in [0.2, 0.25) is 10.2 Å². The molecule has 3 aromatic rings. The van der Waals surface area contributed by atoms with Gasteiger partial charge in [-0.05, 0) is 24.6 Å². The molecule has 0 bridgehead atoms. The minimum Gasteiger partial charge on any atom is -0.318 e. The number of hydrogen-bond donors (Lipinski definition) is 1. The first-order chi connectivity index (χ1) is 12.2. The molecule has 0 unspecified atom stereocenters. The van der Waals surface area contributed by atoms with Gasteiger partial charge in [0.2, 0.25) is 0 Å². The second-order valence-corrected chi connectivity index (χ2v) is 6.09. The number of aryl methyl sites for hydroxylation is 1. The Kier molecular flexibility index (Phi) is 4.81. The Balaban J connectivity index is 2.16. The molecule has 10 heteroatoms. The molecule has 0 aromatic carbocycles. The molecule has 0 aliphatic rings. The van der Waals surface area contributed by atoms with Gasteiger partial charge in [0.15, 0.2) is 10.8 Å². The highest BCUT2D eigenvalue weighted by molar-refractivity contribution is 6.34. The van der Waals surface area contributed by atoms with Crippen molar-refractivity contribution in [3.8, 4) is 0 Å². The Hall–Kier alpha value is -2.32. The molecule has 1 amide bonds. The molecule has 0 saturated heterocycles. The van der Waals surface area contributed by atoms with E-state index in [9.17, 15) is 18.0 Å². The Morgan fingerprint density at radius 2 is 2.08 bits per heavy atom. The van der Waals surface area contributed by atoms with Gasteiger partial charge >= 0.3 is 6.18 Å². The highest BCUT2D eigenvalue weighted by Gasteiger charge is 2.33. The van der Waals surface area contributed by atoms with Crippen molar-refractivity contribution >= 4 is 40.4 Å². The van der Waals surface area contributed by atoms with Crippen molar-refractivity contribution < 1.29 is 18.0 Å². The van der Waals surface area contributed by atoms with Crippen molar-refractivity contribution in [2.24, 2.45) is 0 Å². The maximum atomic E-state index is 13.1. The average molecular weight is 403 g/mol. The second kappa shape index (κ2) is 6.77. The predicted octanol–water partition coefficient (Wildman–Crippen LogP) is 4.87. The number of nitrogens with zero attached hydrogens (tertiary/aromatic N) is 3. The van der Waals surface area contributed by atoms with Crippen LogP contribution in [0.1, 0.15) is 28.7 Å². The fraction of sp³-hybridized carbons (Fsp3) is 0.188. The number of alkyl halides is 3. The number of pyridine rings is 2. The lowest BCUT2D eigenvalue weighted by molar-refractivity contribution is -0.137. The number of halogens is 5. The number of imidazole rings is 1. The first-order valence-electron chi connectivity index (χ1n) is 7.42. The van der Waals surface area contributed by atoms with Gasteiger partial charge in [-0.15, -0.1) is 0 Å². The maximum Gasteiger partial charge on any atom is 0.417 e. The van der Waals surface area contributed by atoms with Crippen molar-refractivity contribution in [3.63, 3.8) is 0 Å². The van der Waals surface area contributed by atoms with Gasteiger partial charge in [0, 0.05) is 12.4 Å². The van der Waals surface area contributed by atoms with Crippen LogP contribution in [-0.4, -0.2) is 20.3 Å². The topological polar surface area (TPSA) is 59.3 Å². The van der Waals surface area contributed by atoms with Crippen molar-refractivity contribution in [1.82, 2.24) is 14.4 Å². The van der Waals surface area contributed by atoms with E-state index in [2.05, 4.69) is 15.3 Å². The van der Waals surface area contributed by atoms with Crippen LogP contribution in [0.4, 0.5) is 18.9 Å². The van der Waals surface area contributed by atoms with E-state index in [4.69, 9.17) is 23.2 Å². The van der Waals surface area contributed by atoms with E-state index in [0.717, 1.165) is 16.7 Å². The Labute approximate surface area is 155 Å². The minimum atomic E-state index is -4.62. The molecule has 3 heterocycles. The third-order valence-electron chi connectivity index (χ3n) is 3.63. The zero-order valence-electron chi connectivity index (χ0n) is 13.2. The van der Waals surface area contributed by atoms with E-state index in [1.807, 2.05) is 0 Å². The number of carbonyl (C=O) groups is 1. The smallest absolute Gasteiger partial charge is 0.318 e. The van der Waals surface area contributed by atoms with E-state index < -0.39 is 17.6 Å². The molecule has 3 aromatic heterocycles. The van der Waals surface area contributed by atoms with Crippen LogP contribution in [0.5, 0.6) is 0 Å². The van der Waals surface area contributed by atoms with Crippen LogP contribution in [0.3, 0.4) is 0 Å². The van der Waals surface area contributed by atoms with Crippen LogP contribution in [0.15, 0.2) is 30.6 Å². The van der Waals surface area contributed by atoms with Crippen LogP contribution in [-0.2, 0) is 12.6 Å². The van der Waals surface area contributed by atoms with Gasteiger partial charge in [0.1, 0.15) is 5.69 Å². The highest BCUT2D eigenvalue weighted by Crippen LogP contribution is 2.33. The number of carbonyl (C=O) groups excluding carboxylic acids is 1. The van der Waals surface area contributed by atoms with Gasteiger partial charge in [-0.1, -0.05) is 30.1 Å². The lowest BCUT2D eigenvalue weighted by Gasteiger charge is -2.11. The monoisotopic (exact) mass is 402 g/mol. The number of fused-ring (bicyclic) bond motifs is 1. The molecule has 0 spiro atoms. The molecule has 26 heavy (non-hydrogen) atoms. The van der Waals surface area contributed by atoms with E-state index in [0.29, 0.717) is 12.1 Å². The molecule has 0 aliphatic carbocycles. The predicted molar refractivity (Wildman–Crippen MR) is 91.8 cm³/mol. The summed E-state index contributed by atoms with van der Waals surface area (Å²) in [6, 6.07) is 3.87. The van der Waals surface area contributed by atoms with E-state index in [1.54, 1.807) is 13.0 Å². The SMILES string of the molecule is CCc1nc2c(Cl)cc(C(F)(F)F)cn2c1C(=O)Nc1cccnc1Cl. The van der Waals surface area contributed by atoms with Gasteiger partial charge < -0.3 is 5.32 Å². The zero-order chi connectivity index (χ0) is 19.1. The van der Waals surface area contributed by atoms with Crippen molar-refractivity contribution in [1.29, 1.82) is 0 Å². The van der Waals surface area contributed by atoms with Gasteiger partial charge in [0.25, 0.3) is 5.91 Å². The summed E-state index contributed by atoms with van der Waals surface area (Å²) in [4.78, 5) is 20.7. The van der Waals surface area contributed by atoms with E-state index >= 15 is 0 Å². The molecule has 1 N–H and O–H groups in total. The summed E-state index contributed by atoms with van der Waals surface area (Å²) in [5, 5.41) is 2.39. The summed E-state index contributed by atoms with van der Waals surface area (Å²) >= 11 is 11.9.